The van der Waals surface area contributed by atoms with E-state index in [0.29, 0.717) is 5.56 Å². The minimum atomic E-state index is -4.38. The van der Waals surface area contributed by atoms with Gasteiger partial charge in [-0.2, -0.15) is 13.2 Å². The van der Waals surface area contributed by atoms with Gasteiger partial charge in [0, 0.05) is 5.41 Å². The largest absolute Gasteiger partial charge is 0.416 e. The zero-order valence-electron chi connectivity index (χ0n) is 9.62. The summed E-state index contributed by atoms with van der Waals surface area (Å²) in [5.74, 6) is 0. The molecule has 2 N–H and O–H groups in total. The van der Waals surface area contributed by atoms with Gasteiger partial charge < -0.3 is 10.2 Å². The van der Waals surface area contributed by atoms with Crippen LogP contribution in [0.15, 0.2) is 24.3 Å². The molecule has 0 saturated heterocycles. The number of benzene rings is 1. The lowest BCUT2D eigenvalue weighted by Crippen LogP contribution is -2.26. The quantitative estimate of drug-likeness (QED) is 0.863. The van der Waals surface area contributed by atoms with Crippen molar-refractivity contribution in [3.8, 4) is 0 Å². The minimum absolute atomic E-state index is 0.255. The molecule has 0 saturated carbocycles. The van der Waals surface area contributed by atoms with E-state index in [-0.39, 0.29) is 6.61 Å². The van der Waals surface area contributed by atoms with Crippen LogP contribution in [-0.4, -0.2) is 16.8 Å². The maximum atomic E-state index is 12.3. The molecule has 0 aliphatic heterocycles. The Kier molecular flexibility index (Phi) is 3.84. The van der Waals surface area contributed by atoms with E-state index >= 15 is 0 Å². The SMILES string of the molecule is CC(C)(CO)C(O)c1ccc(C(F)(F)F)cc1. The Morgan fingerprint density at radius 2 is 1.59 bits per heavy atom. The van der Waals surface area contributed by atoms with Gasteiger partial charge in [0.05, 0.1) is 18.3 Å². The van der Waals surface area contributed by atoms with E-state index in [2.05, 4.69) is 0 Å². The lowest BCUT2D eigenvalue weighted by atomic mass is 9.83. The highest BCUT2D eigenvalue weighted by Gasteiger charge is 2.32. The summed E-state index contributed by atoms with van der Waals surface area (Å²) in [5, 5.41) is 19.0. The van der Waals surface area contributed by atoms with E-state index in [1.807, 2.05) is 0 Å². The van der Waals surface area contributed by atoms with Gasteiger partial charge in [-0.15, -0.1) is 0 Å². The molecule has 0 aliphatic carbocycles. The normalized spacial score (nSPS) is 14.8. The fraction of sp³-hybridized carbons (Fsp3) is 0.500. The smallest absolute Gasteiger partial charge is 0.396 e. The summed E-state index contributed by atoms with van der Waals surface area (Å²) >= 11 is 0. The van der Waals surface area contributed by atoms with Gasteiger partial charge in [0.2, 0.25) is 0 Å². The van der Waals surface area contributed by atoms with Gasteiger partial charge in [-0.05, 0) is 17.7 Å². The summed E-state index contributed by atoms with van der Waals surface area (Å²) in [4.78, 5) is 0. The van der Waals surface area contributed by atoms with Gasteiger partial charge >= 0.3 is 6.18 Å². The first-order valence-corrected chi connectivity index (χ1v) is 5.14. The van der Waals surface area contributed by atoms with Crippen molar-refractivity contribution in [2.75, 3.05) is 6.61 Å². The highest BCUT2D eigenvalue weighted by Crippen LogP contribution is 2.35. The topological polar surface area (TPSA) is 40.5 Å². The van der Waals surface area contributed by atoms with Crippen LogP contribution >= 0.6 is 0 Å². The number of alkyl halides is 3. The van der Waals surface area contributed by atoms with Gasteiger partial charge in [-0.25, -0.2) is 0 Å². The van der Waals surface area contributed by atoms with Crippen LogP contribution in [0.5, 0.6) is 0 Å². The number of halogens is 3. The predicted molar refractivity (Wildman–Crippen MR) is 57.3 cm³/mol. The molecule has 1 aromatic rings. The van der Waals surface area contributed by atoms with E-state index in [4.69, 9.17) is 5.11 Å². The molecule has 1 atom stereocenters. The summed E-state index contributed by atoms with van der Waals surface area (Å²) in [6.07, 6.45) is -5.38. The van der Waals surface area contributed by atoms with Crippen molar-refractivity contribution < 1.29 is 23.4 Å². The number of rotatable bonds is 3. The van der Waals surface area contributed by atoms with E-state index in [9.17, 15) is 18.3 Å². The summed E-state index contributed by atoms with van der Waals surface area (Å²) in [5.41, 5.74) is -1.19. The Balaban J connectivity index is 2.96. The van der Waals surface area contributed by atoms with Gasteiger partial charge in [0.15, 0.2) is 0 Å². The maximum Gasteiger partial charge on any atom is 0.416 e. The van der Waals surface area contributed by atoms with Crippen molar-refractivity contribution in [3.63, 3.8) is 0 Å². The lowest BCUT2D eigenvalue weighted by molar-refractivity contribution is -0.137. The molecule has 17 heavy (non-hydrogen) atoms. The first-order valence-electron chi connectivity index (χ1n) is 5.14. The monoisotopic (exact) mass is 248 g/mol. The molecule has 1 aromatic carbocycles. The number of aliphatic hydroxyl groups excluding tert-OH is 2. The van der Waals surface area contributed by atoms with E-state index in [0.717, 1.165) is 12.1 Å². The Hall–Kier alpha value is -1.07. The molecule has 0 aliphatic rings. The van der Waals surface area contributed by atoms with Gasteiger partial charge in [0.25, 0.3) is 0 Å². The maximum absolute atomic E-state index is 12.3. The van der Waals surface area contributed by atoms with Crippen molar-refractivity contribution in [2.24, 2.45) is 5.41 Å². The van der Waals surface area contributed by atoms with Crippen LogP contribution in [-0.2, 0) is 6.18 Å². The third kappa shape index (κ3) is 3.20. The molecule has 0 fully saturated rings. The zero-order valence-corrected chi connectivity index (χ0v) is 9.62. The number of aliphatic hydroxyl groups is 2. The fourth-order valence-electron chi connectivity index (χ4n) is 1.39. The Bertz CT molecular complexity index is 368. The fourth-order valence-corrected chi connectivity index (χ4v) is 1.39. The second kappa shape index (κ2) is 4.66. The molecule has 5 heteroatoms. The minimum Gasteiger partial charge on any atom is -0.396 e. The molecular formula is C12H15F3O2. The average molecular weight is 248 g/mol. The van der Waals surface area contributed by atoms with Gasteiger partial charge in [0.1, 0.15) is 0 Å². The first kappa shape index (κ1) is 14.0. The van der Waals surface area contributed by atoms with E-state index in [1.165, 1.54) is 12.1 Å². The zero-order chi connectivity index (χ0) is 13.3. The van der Waals surface area contributed by atoms with Crippen LogP contribution in [0.3, 0.4) is 0 Å². The number of hydrogen-bond acceptors (Lipinski definition) is 2. The second-order valence-corrected chi connectivity index (χ2v) is 4.67. The number of hydrogen-bond donors (Lipinski definition) is 2. The van der Waals surface area contributed by atoms with Crippen molar-refractivity contribution in [1.29, 1.82) is 0 Å². The highest BCUT2D eigenvalue weighted by molar-refractivity contribution is 5.26. The van der Waals surface area contributed by atoms with Crippen LogP contribution in [0.2, 0.25) is 0 Å². The second-order valence-electron chi connectivity index (χ2n) is 4.67. The molecule has 0 radical (unpaired) electrons. The lowest BCUT2D eigenvalue weighted by Gasteiger charge is -2.28. The standard InChI is InChI=1S/C12H15F3O2/c1-11(2,7-16)10(17)8-3-5-9(6-4-8)12(13,14)15/h3-6,10,16-17H,7H2,1-2H3. The third-order valence-electron chi connectivity index (χ3n) is 2.70. The van der Waals surface area contributed by atoms with Crippen LogP contribution in [0.25, 0.3) is 0 Å². The van der Waals surface area contributed by atoms with Gasteiger partial charge in [-0.1, -0.05) is 26.0 Å². The van der Waals surface area contributed by atoms with Crippen molar-refractivity contribution in [2.45, 2.75) is 26.1 Å². The predicted octanol–water partition coefficient (Wildman–Crippen LogP) is 2.76. The molecule has 0 bridgehead atoms. The van der Waals surface area contributed by atoms with Crippen LogP contribution in [0.4, 0.5) is 13.2 Å². The molecule has 96 valence electrons. The molecule has 0 spiro atoms. The Morgan fingerprint density at radius 3 is 1.94 bits per heavy atom. The summed E-state index contributed by atoms with van der Waals surface area (Å²) in [6, 6.07) is 4.30. The molecule has 0 heterocycles. The first-order chi connectivity index (χ1) is 7.68. The van der Waals surface area contributed by atoms with Crippen molar-refractivity contribution in [3.05, 3.63) is 35.4 Å². The Labute approximate surface area is 97.7 Å². The summed E-state index contributed by atoms with van der Waals surface area (Å²) in [6.45, 7) is 3.01. The van der Waals surface area contributed by atoms with E-state index < -0.39 is 23.3 Å². The third-order valence-corrected chi connectivity index (χ3v) is 2.70. The van der Waals surface area contributed by atoms with E-state index in [1.54, 1.807) is 13.8 Å². The molecule has 0 amide bonds. The van der Waals surface area contributed by atoms with Crippen LogP contribution in [0, 0.1) is 5.41 Å². The van der Waals surface area contributed by atoms with Crippen molar-refractivity contribution >= 4 is 0 Å². The molecule has 2 nitrogen and oxygen atoms in total. The summed E-state index contributed by atoms with van der Waals surface area (Å²) in [7, 11) is 0. The Morgan fingerprint density at radius 1 is 1.12 bits per heavy atom. The highest BCUT2D eigenvalue weighted by atomic mass is 19.4. The van der Waals surface area contributed by atoms with Crippen molar-refractivity contribution in [1.82, 2.24) is 0 Å². The molecular weight excluding hydrogens is 233 g/mol. The molecule has 1 rings (SSSR count). The van der Waals surface area contributed by atoms with Crippen LogP contribution < -0.4 is 0 Å². The molecule has 0 aromatic heterocycles. The average Bonchev–Trinajstić information content (AvgIpc) is 2.27. The van der Waals surface area contributed by atoms with Gasteiger partial charge in [-0.3, -0.25) is 0 Å². The van der Waals surface area contributed by atoms with Crippen LogP contribution in [0.1, 0.15) is 31.1 Å². The molecule has 1 unspecified atom stereocenters. The summed E-state index contributed by atoms with van der Waals surface area (Å²) < 4.78 is 37.0.